The molecule has 0 saturated carbocycles. The monoisotopic (exact) mass is 293 g/mol. The van der Waals surface area contributed by atoms with Gasteiger partial charge >= 0.3 is 0 Å². The molecule has 0 radical (unpaired) electrons. The van der Waals surface area contributed by atoms with Crippen LogP contribution < -0.4 is 14.8 Å². The Labute approximate surface area is 123 Å². The number of aromatic hydroxyl groups is 1. The molecule has 0 amide bonds. The lowest BCUT2D eigenvalue weighted by molar-refractivity contribution is 0.339. The fraction of sp³-hybridized carbons (Fsp3) is 0.333. The van der Waals surface area contributed by atoms with Crippen LogP contribution in [0.15, 0.2) is 29.6 Å². The lowest BCUT2D eigenvalue weighted by Crippen LogP contribution is -2.17. The van der Waals surface area contributed by atoms with Crippen molar-refractivity contribution in [3.8, 4) is 17.2 Å². The molecule has 0 spiro atoms. The van der Waals surface area contributed by atoms with Gasteiger partial charge in [-0.25, -0.2) is 0 Å². The number of hydrogen-bond donors (Lipinski definition) is 2. The van der Waals surface area contributed by atoms with Crippen molar-refractivity contribution in [2.24, 2.45) is 0 Å². The van der Waals surface area contributed by atoms with Crippen LogP contribution in [0.1, 0.15) is 23.4 Å². The molecule has 1 aromatic heterocycles. The predicted octanol–water partition coefficient (Wildman–Crippen LogP) is 3.32. The zero-order chi connectivity index (χ0) is 14.5. The van der Waals surface area contributed by atoms with Crippen LogP contribution in [-0.4, -0.2) is 19.3 Å². The van der Waals surface area contributed by atoms with Crippen molar-refractivity contribution in [1.29, 1.82) is 0 Å². The van der Waals surface area contributed by atoms with Crippen molar-refractivity contribution >= 4 is 11.3 Å². The summed E-state index contributed by atoms with van der Waals surface area (Å²) < 4.78 is 10.3. The second-order valence-electron chi connectivity index (χ2n) is 4.47. The van der Waals surface area contributed by atoms with E-state index in [1.807, 2.05) is 18.2 Å². The molecular weight excluding hydrogens is 274 g/mol. The first-order chi connectivity index (χ1) is 9.65. The van der Waals surface area contributed by atoms with Crippen LogP contribution >= 0.6 is 11.3 Å². The maximum Gasteiger partial charge on any atom is 0.200 e. The summed E-state index contributed by atoms with van der Waals surface area (Å²) in [7, 11) is 3.06. The summed E-state index contributed by atoms with van der Waals surface area (Å²) in [6.45, 7) is 2.80. The van der Waals surface area contributed by atoms with Gasteiger partial charge in [-0.2, -0.15) is 0 Å². The first-order valence-electron chi connectivity index (χ1n) is 6.36. The van der Waals surface area contributed by atoms with E-state index >= 15 is 0 Å². The molecule has 0 aliphatic rings. The third-order valence-electron chi connectivity index (χ3n) is 3.12. The smallest absolute Gasteiger partial charge is 0.200 e. The number of ether oxygens (including phenoxy) is 2. The second kappa shape index (κ2) is 6.63. The Morgan fingerprint density at radius 2 is 1.90 bits per heavy atom. The maximum atomic E-state index is 9.87. The molecule has 0 aliphatic heterocycles. The Morgan fingerprint density at radius 3 is 2.40 bits per heavy atom. The number of hydrogen-bond acceptors (Lipinski definition) is 5. The van der Waals surface area contributed by atoms with Crippen LogP contribution in [-0.2, 0) is 6.54 Å². The minimum atomic E-state index is 0.0325. The van der Waals surface area contributed by atoms with Gasteiger partial charge in [-0.1, -0.05) is 6.07 Å². The number of nitrogens with one attached hydrogen (secondary N) is 1. The highest BCUT2D eigenvalue weighted by molar-refractivity contribution is 7.10. The zero-order valence-corrected chi connectivity index (χ0v) is 12.7. The number of methoxy groups -OCH3 is 2. The Balaban J connectivity index is 2.09. The summed E-state index contributed by atoms with van der Waals surface area (Å²) in [5.41, 5.74) is 1.000. The van der Waals surface area contributed by atoms with Gasteiger partial charge in [-0.15, -0.1) is 11.3 Å². The minimum Gasteiger partial charge on any atom is -0.502 e. The third kappa shape index (κ3) is 3.23. The summed E-state index contributed by atoms with van der Waals surface area (Å²) in [5.74, 6) is 0.875. The normalized spacial score (nSPS) is 12.2. The first kappa shape index (κ1) is 14.7. The van der Waals surface area contributed by atoms with Crippen molar-refractivity contribution in [2.75, 3.05) is 14.2 Å². The van der Waals surface area contributed by atoms with Gasteiger partial charge in [0.2, 0.25) is 5.75 Å². The summed E-state index contributed by atoms with van der Waals surface area (Å²) in [5, 5.41) is 15.4. The van der Waals surface area contributed by atoms with E-state index < -0.39 is 0 Å². The molecule has 0 aliphatic carbocycles. The molecule has 20 heavy (non-hydrogen) atoms. The van der Waals surface area contributed by atoms with Crippen molar-refractivity contribution in [1.82, 2.24) is 5.32 Å². The van der Waals surface area contributed by atoms with E-state index in [1.165, 1.54) is 19.1 Å². The van der Waals surface area contributed by atoms with Crippen molar-refractivity contribution < 1.29 is 14.6 Å². The largest absolute Gasteiger partial charge is 0.502 e. The van der Waals surface area contributed by atoms with Crippen molar-refractivity contribution in [3.05, 3.63) is 40.1 Å². The molecular formula is C15H19NO3S. The fourth-order valence-electron chi connectivity index (χ4n) is 1.96. The molecule has 2 aromatic rings. The van der Waals surface area contributed by atoms with E-state index in [4.69, 9.17) is 9.47 Å². The summed E-state index contributed by atoms with van der Waals surface area (Å²) in [4.78, 5) is 1.29. The SMILES string of the molecule is COc1cc(CN[C@@H](C)c2cccs2)cc(OC)c1O. The van der Waals surface area contributed by atoms with Crippen molar-refractivity contribution in [2.45, 2.75) is 19.5 Å². The van der Waals surface area contributed by atoms with Gasteiger partial charge in [0.25, 0.3) is 0 Å². The van der Waals surface area contributed by atoms with Crippen LogP contribution in [0.4, 0.5) is 0 Å². The van der Waals surface area contributed by atoms with Gasteiger partial charge in [-0.3, -0.25) is 0 Å². The molecule has 0 bridgehead atoms. The summed E-state index contributed by atoms with van der Waals surface area (Å²) in [6, 6.07) is 8.06. The van der Waals surface area contributed by atoms with Crippen LogP contribution in [0.2, 0.25) is 0 Å². The molecule has 2 rings (SSSR count). The lowest BCUT2D eigenvalue weighted by Gasteiger charge is -2.14. The quantitative estimate of drug-likeness (QED) is 0.858. The van der Waals surface area contributed by atoms with Gasteiger partial charge in [0.1, 0.15) is 0 Å². The Morgan fingerprint density at radius 1 is 1.25 bits per heavy atom. The number of benzene rings is 1. The Kier molecular flexibility index (Phi) is 4.87. The van der Waals surface area contributed by atoms with Crippen LogP contribution in [0, 0.1) is 0 Å². The first-order valence-corrected chi connectivity index (χ1v) is 7.24. The van der Waals surface area contributed by atoms with Crippen LogP contribution in [0.25, 0.3) is 0 Å². The average molecular weight is 293 g/mol. The molecule has 0 fully saturated rings. The zero-order valence-electron chi connectivity index (χ0n) is 11.8. The molecule has 5 heteroatoms. The van der Waals surface area contributed by atoms with Crippen LogP contribution in [0.5, 0.6) is 17.2 Å². The third-order valence-corrected chi connectivity index (χ3v) is 4.18. The molecule has 0 saturated heterocycles. The molecule has 0 unspecified atom stereocenters. The maximum absolute atomic E-state index is 9.87. The molecule has 2 N–H and O–H groups in total. The highest BCUT2D eigenvalue weighted by Crippen LogP contribution is 2.37. The number of rotatable bonds is 6. The highest BCUT2D eigenvalue weighted by atomic mass is 32.1. The average Bonchev–Trinajstić information content (AvgIpc) is 3.00. The van der Waals surface area contributed by atoms with Gasteiger partial charge in [0.15, 0.2) is 11.5 Å². The molecule has 1 atom stereocenters. The standard InChI is InChI=1S/C15H19NO3S/c1-10(14-5-4-6-20-14)16-9-11-7-12(18-2)15(17)13(8-11)19-3/h4-8,10,16-17H,9H2,1-3H3/t10-/m0/s1. The lowest BCUT2D eigenvalue weighted by atomic mass is 10.1. The number of phenols is 1. The van der Waals surface area contributed by atoms with Gasteiger partial charge in [-0.05, 0) is 36.1 Å². The predicted molar refractivity (Wildman–Crippen MR) is 80.8 cm³/mol. The Hall–Kier alpha value is -1.72. The van der Waals surface area contributed by atoms with Crippen molar-refractivity contribution in [3.63, 3.8) is 0 Å². The number of phenolic OH excluding ortho intramolecular Hbond substituents is 1. The molecule has 1 heterocycles. The molecule has 1 aromatic carbocycles. The fourth-order valence-corrected chi connectivity index (χ4v) is 2.72. The summed E-state index contributed by atoms with van der Waals surface area (Å²) >= 11 is 1.73. The Bertz CT molecular complexity index is 529. The molecule has 4 nitrogen and oxygen atoms in total. The van der Waals surface area contributed by atoms with Gasteiger partial charge in [0, 0.05) is 17.5 Å². The van der Waals surface area contributed by atoms with Gasteiger partial charge in [0.05, 0.1) is 14.2 Å². The highest BCUT2D eigenvalue weighted by Gasteiger charge is 2.12. The van der Waals surface area contributed by atoms with E-state index in [0.29, 0.717) is 18.0 Å². The van der Waals surface area contributed by atoms with Gasteiger partial charge < -0.3 is 19.9 Å². The van der Waals surface area contributed by atoms with E-state index in [1.54, 1.807) is 11.3 Å². The van der Waals surface area contributed by atoms with E-state index in [9.17, 15) is 5.11 Å². The van der Waals surface area contributed by atoms with E-state index in [0.717, 1.165) is 5.56 Å². The second-order valence-corrected chi connectivity index (χ2v) is 5.45. The van der Waals surface area contributed by atoms with Crippen LogP contribution in [0.3, 0.4) is 0 Å². The summed E-state index contributed by atoms with van der Waals surface area (Å²) in [6.07, 6.45) is 0. The molecule has 108 valence electrons. The van der Waals surface area contributed by atoms with E-state index in [2.05, 4.69) is 23.7 Å². The minimum absolute atomic E-state index is 0.0325. The van der Waals surface area contributed by atoms with E-state index in [-0.39, 0.29) is 11.8 Å². The topological polar surface area (TPSA) is 50.7 Å². The number of thiophene rings is 1.